The summed E-state index contributed by atoms with van der Waals surface area (Å²) in [5.74, 6) is -0.974. The van der Waals surface area contributed by atoms with Gasteiger partial charge in [-0.15, -0.1) is 11.3 Å². The highest BCUT2D eigenvalue weighted by atomic mass is 32.1. The lowest BCUT2D eigenvalue weighted by Crippen LogP contribution is -2.18. The van der Waals surface area contributed by atoms with E-state index in [1.807, 2.05) is 56.3 Å². The number of anilines is 1. The van der Waals surface area contributed by atoms with Crippen molar-refractivity contribution < 1.29 is 19.4 Å². The number of aromatic nitrogens is 1. The van der Waals surface area contributed by atoms with Gasteiger partial charge in [-0.25, -0.2) is 14.6 Å². The van der Waals surface area contributed by atoms with Crippen LogP contribution in [0.3, 0.4) is 0 Å². The summed E-state index contributed by atoms with van der Waals surface area (Å²) < 4.78 is 5.60. The van der Waals surface area contributed by atoms with Gasteiger partial charge in [-0.1, -0.05) is 62.4 Å². The number of nitrogens with zero attached hydrogens (tertiary/aromatic N) is 1. The second-order valence-electron chi connectivity index (χ2n) is 8.31. The molecule has 2 N–H and O–H groups in total. The molecule has 0 saturated heterocycles. The molecule has 7 heteroatoms. The Morgan fingerprint density at radius 3 is 2.27 bits per heavy atom. The minimum atomic E-state index is -1.11. The minimum Gasteiger partial charge on any atom is -0.477 e. The third-order valence-corrected chi connectivity index (χ3v) is 7.02. The molecule has 0 atom stereocenters. The van der Waals surface area contributed by atoms with Crippen molar-refractivity contribution in [3.63, 3.8) is 0 Å². The molecule has 33 heavy (non-hydrogen) atoms. The molecule has 4 aromatic rings. The second kappa shape index (κ2) is 8.33. The number of carboxylic acids is 1. The third-order valence-electron chi connectivity index (χ3n) is 5.93. The molecule has 166 valence electrons. The first kappa shape index (κ1) is 21.2. The van der Waals surface area contributed by atoms with Gasteiger partial charge in [0.1, 0.15) is 16.3 Å². The van der Waals surface area contributed by atoms with Crippen molar-refractivity contribution >= 4 is 39.3 Å². The van der Waals surface area contributed by atoms with Gasteiger partial charge < -0.3 is 9.84 Å². The maximum Gasteiger partial charge on any atom is 0.411 e. The lowest BCUT2D eigenvalue weighted by Gasteiger charge is -2.14. The summed E-state index contributed by atoms with van der Waals surface area (Å²) in [5, 5.41) is 12.9. The average Bonchev–Trinajstić information content (AvgIpc) is 3.33. The first-order valence-electron chi connectivity index (χ1n) is 10.7. The van der Waals surface area contributed by atoms with Crippen molar-refractivity contribution in [2.24, 2.45) is 0 Å². The number of aromatic carboxylic acids is 1. The standard InChI is InChI=1S/C26H22N2O4S/c1-14(2)21-12-11-19-22(23(25(29)30)33-24(19)27-21)28-26(31)32-13-20-17-9-5-3-7-15(17)16-8-4-6-10-18(16)20/h3-12,14,20H,13H2,1-2H3,(H,28,31)(H,29,30). The summed E-state index contributed by atoms with van der Waals surface area (Å²) in [6.45, 7) is 4.20. The Morgan fingerprint density at radius 1 is 1.03 bits per heavy atom. The van der Waals surface area contributed by atoms with Crippen LogP contribution in [0.4, 0.5) is 10.5 Å². The molecule has 0 bridgehead atoms. The van der Waals surface area contributed by atoms with Gasteiger partial charge in [0.25, 0.3) is 0 Å². The fourth-order valence-corrected chi connectivity index (χ4v) is 5.30. The number of pyridine rings is 1. The van der Waals surface area contributed by atoms with Crippen molar-refractivity contribution in [1.29, 1.82) is 0 Å². The number of nitrogens with one attached hydrogen (secondary N) is 1. The maximum absolute atomic E-state index is 12.7. The molecule has 2 aromatic heterocycles. The van der Waals surface area contributed by atoms with E-state index in [4.69, 9.17) is 4.74 Å². The molecule has 0 aliphatic heterocycles. The van der Waals surface area contributed by atoms with Gasteiger partial charge in [-0.2, -0.15) is 0 Å². The van der Waals surface area contributed by atoms with Crippen LogP contribution >= 0.6 is 11.3 Å². The zero-order valence-corrected chi connectivity index (χ0v) is 19.0. The minimum absolute atomic E-state index is 0.0342. The van der Waals surface area contributed by atoms with Crippen LogP contribution in [0, 0.1) is 0 Å². The molecule has 6 nitrogen and oxygen atoms in total. The molecule has 1 aliphatic rings. The first-order valence-corrected chi connectivity index (χ1v) is 11.5. The Bertz CT molecular complexity index is 1350. The van der Waals surface area contributed by atoms with Gasteiger partial charge in [0.05, 0.1) is 5.69 Å². The molecule has 0 unspecified atom stereocenters. The van der Waals surface area contributed by atoms with E-state index >= 15 is 0 Å². The van der Waals surface area contributed by atoms with Crippen LogP contribution < -0.4 is 5.32 Å². The van der Waals surface area contributed by atoms with Crippen LogP contribution in [0.15, 0.2) is 60.7 Å². The number of rotatable bonds is 5. The number of fused-ring (bicyclic) bond motifs is 4. The number of ether oxygens (including phenoxy) is 1. The van der Waals surface area contributed by atoms with E-state index < -0.39 is 12.1 Å². The predicted molar refractivity (Wildman–Crippen MR) is 129 cm³/mol. The van der Waals surface area contributed by atoms with Gasteiger partial charge in [0.2, 0.25) is 0 Å². The second-order valence-corrected chi connectivity index (χ2v) is 9.30. The van der Waals surface area contributed by atoms with Crippen LogP contribution in [0.2, 0.25) is 0 Å². The molecule has 1 amide bonds. The highest BCUT2D eigenvalue weighted by Crippen LogP contribution is 2.44. The number of benzene rings is 2. The van der Waals surface area contributed by atoms with Crippen LogP contribution in [0.1, 0.15) is 52.2 Å². The highest BCUT2D eigenvalue weighted by Gasteiger charge is 2.29. The SMILES string of the molecule is CC(C)c1ccc2c(NC(=O)OCC3c4ccccc4-c4ccccc43)c(C(=O)O)sc2n1. The van der Waals surface area contributed by atoms with Crippen LogP contribution in [0.5, 0.6) is 0 Å². The smallest absolute Gasteiger partial charge is 0.411 e. The molecular weight excluding hydrogens is 436 g/mol. The van der Waals surface area contributed by atoms with E-state index in [2.05, 4.69) is 22.4 Å². The Morgan fingerprint density at radius 2 is 1.67 bits per heavy atom. The van der Waals surface area contributed by atoms with Gasteiger partial charge in [0.15, 0.2) is 0 Å². The monoisotopic (exact) mass is 458 g/mol. The van der Waals surface area contributed by atoms with E-state index in [-0.39, 0.29) is 29.0 Å². The van der Waals surface area contributed by atoms with Crippen LogP contribution in [0.25, 0.3) is 21.3 Å². The number of hydrogen-bond acceptors (Lipinski definition) is 5. The summed E-state index contributed by atoms with van der Waals surface area (Å²) in [6, 6.07) is 19.9. The Kier molecular flexibility index (Phi) is 5.34. The topological polar surface area (TPSA) is 88.5 Å². The fraction of sp³-hybridized carbons (Fsp3) is 0.192. The Hall–Kier alpha value is -3.71. The largest absolute Gasteiger partial charge is 0.477 e. The number of amides is 1. The molecule has 0 saturated carbocycles. The zero-order chi connectivity index (χ0) is 23.1. The molecule has 5 rings (SSSR count). The quantitative estimate of drug-likeness (QED) is 0.357. The molecule has 0 spiro atoms. The lowest BCUT2D eigenvalue weighted by atomic mass is 9.98. The highest BCUT2D eigenvalue weighted by molar-refractivity contribution is 7.21. The number of thiophene rings is 1. The van der Waals surface area contributed by atoms with Gasteiger partial charge >= 0.3 is 12.1 Å². The van der Waals surface area contributed by atoms with E-state index in [1.165, 1.54) is 0 Å². The number of carbonyl (C=O) groups excluding carboxylic acids is 1. The third kappa shape index (κ3) is 3.74. The Labute approximate surface area is 194 Å². The molecule has 1 aliphatic carbocycles. The predicted octanol–water partition coefficient (Wildman–Crippen LogP) is 6.48. The number of carbonyl (C=O) groups is 2. The Balaban J connectivity index is 1.39. The molecule has 2 aromatic carbocycles. The first-order chi connectivity index (χ1) is 15.9. The summed E-state index contributed by atoms with van der Waals surface area (Å²) in [6.07, 6.45) is -0.688. The van der Waals surface area contributed by atoms with Gasteiger partial charge in [-0.05, 0) is 40.3 Å². The van der Waals surface area contributed by atoms with Crippen molar-refractivity contribution in [3.8, 4) is 11.1 Å². The maximum atomic E-state index is 12.7. The van der Waals surface area contributed by atoms with Gasteiger partial charge in [-0.3, -0.25) is 5.32 Å². The number of hydrogen-bond donors (Lipinski definition) is 2. The van der Waals surface area contributed by atoms with E-state index in [0.29, 0.717) is 10.2 Å². The van der Waals surface area contributed by atoms with Gasteiger partial charge in [0, 0.05) is 17.0 Å². The normalized spacial score (nSPS) is 12.6. The average molecular weight is 459 g/mol. The molecule has 0 fully saturated rings. The van der Waals surface area contributed by atoms with Crippen LogP contribution in [-0.4, -0.2) is 28.8 Å². The van der Waals surface area contributed by atoms with Crippen LogP contribution in [-0.2, 0) is 4.74 Å². The van der Waals surface area contributed by atoms with E-state index in [9.17, 15) is 14.7 Å². The van der Waals surface area contributed by atoms with E-state index in [1.54, 1.807) is 6.07 Å². The summed E-state index contributed by atoms with van der Waals surface area (Å²) in [7, 11) is 0. The molecular formula is C26H22N2O4S. The summed E-state index contributed by atoms with van der Waals surface area (Å²) in [4.78, 5) is 29.7. The van der Waals surface area contributed by atoms with Crippen molar-refractivity contribution in [3.05, 3.63) is 82.4 Å². The zero-order valence-electron chi connectivity index (χ0n) is 18.2. The number of carboxylic acid groups (broad SMARTS) is 1. The van der Waals surface area contributed by atoms with Crippen molar-refractivity contribution in [2.45, 2.75) is 25.7 Å². The molecule has 0 radical (unpaired) electrons. The van der Waals surface area contributed by atoms with Crippen molar-refractivity contribution in [1.82, 2.24) is 4.98 Å². The summed E-state index contributed by atoms with van der Waals surface area (Å²) >= 11 is 1.05. The summed E-state index contributed by atoms with van der Waals surface area (Å²) in [5.41, 5.74) is 5.61. The van der Waals surface area contributed by atoms with E-state index in [0.717, 1.165) is 39.3 Å². The molecule has 2 heterocycles. The van der Waals surface area contributed by atoms with Crippen molar-refractivity contribution in [2.75, 3.05) is 11.9 Å². The fourth-order valence-electron chi connectivity index (χ4n) is 4.33. The lowest BCUT2D eigenvalue weighted by molar-refractivity contribution is 0.0703.